The quantitative estimate of drug-likeness (QED) is 0.537. The average molecular weight is 429 g/mol. The molecule has 0 unspecified atom stereocenters. The molecule has 0 spiro atoms. The Morgan fingerprint density at radius 1 is 1.30 bits per heavy atom. The first-order valence-corrected chi connectivity index (χ1v) is 9.21. The van der Waals surface area contributed by atoms with Crippen LogP contribution in [-0.2, 0) is 11.3 Å². The lowest BCUT2D eigenvalue weighted by Crippen LogP contribution is -2.19. The maximum atomic E-state index is 14.2. The fourth-order valence-corrected chi connectivity index (χ4v) is 3.94. The zero-order valence-electron chi connectivity index (χ0n) is 13.7. The van der Waals surface area contributed by atoms with Crippen molar-refractivity contribution in [1.82, 2.24) is 4.57 Å². The topological polar surface area (TPSA) is 43.6 Å². The summed E-state index contributed by atoms with van der Waals surface area (Å²) < 4.78 is 34.8. The fraction of sp³-hybridized carbons (Fsp3) is 0.111. The molecule has 3 rings (SSSR count). The van der Waals surface area contributed by atoms with E-state index in [9.17, 15) is 13.6 Å². The van der Waals surface area contributed by atoms with E-state index in [0.717, 1.165) is 17.4 Å². The van der Waals surface area contributed by atoms with E-state index >= 15 is 0 Å². The number of fused-ring (bicyclic) bond motifs is 1. The van der Waals surface area contributed by atoms with Gasteiger partial charge >= 0.3 is 0 Å². The lowest BCUT2D eigenvalue weighted by atomic mass is 10.3. The van der Waals surface area contributed by atoms with Crippen molar-refractivity contribution in [3.05, 3.63) is 69.5 Å². The number of hydrogen-bond donors (Lipinski definition) is 0. The Morgan fingerprint density at radius 3 is 2.78 bits per heavy atom. The molecule has 0 aliphatic carbocycles. The number of aromatic nitrogens is 1. The number of nitrogens with zero attached hydrogens (tertiary/aromatic N) is 2. The number of carbonyl (C=O) groups is 1. The van der Waals surface area contributed by atoms with Gasteiger partial charge in [-0.15, -0.1) is 6.58 Å². The molecule has 9 heteroatoms. The Bertz CT molecular complexity index is 1110. The molecule has 0 N–H and O–H groups in total. The van der Waals surface area contributed by atoms with Gasteiger partial charge in [0.2, 0.25) is 0 Å². The number of benzene rings is 2. The van der Waals surface area contributed by atoms with Gasteiger partial charge in [0, 0.05) is 17.6 Å². The fourth-order valence-electron chi connectivity index (χ4n) is 2.38. The van der Waals surface area contributed by atoms with Gasteiger partial charge in [-0.25, -0.2) is 8.78 Å². The van der Waals surface area contributed by atoms with E-state index in [1.807, 2.05) is 0 Å². The normalized spacial score (nSPS) is 11.8. The third-order valence-electron chi connectivity index (χ3n) is 3.47. The number of thiazole rings is 1. The largest absolute Gasteiger partial charge is 0.482 e. The molecule has 0 aliphatic heterocycles. The molecule has 2 aromatic carbocycles. The standard InChI is InChI=1S/C18H12Cl2F2N2O2S/c1-2-5-24-17-13(22)7-11(21)8-15(17)27-18(24)23-16(25)9-26-14-4-3-10(19)6-12(14)20/h2-4,6-8H,1,5,9H2. The van der Waals surface area contributed by atoms with Gasteiger partial charge in [-0.2, -0.15) is 4.99 Å². The van der Waals surface area contributed by atoms with E-state index in [-0.39, 0.29) is 34.2 Å². The van der Waals surface area contributed by atoms with Gasteiger partial charge in [0.15, 0.2) is 17.2 Å². The van der Waals surface area contributed by atoms with Crippen LogP contribution in [0.4, 0.5) is 8.78 Å². The lowest BCUT2D eigenvalue weighted by Gasteiger charge is -2.06. The van der Waals surface area contributed by atoms with E-state index in [0.29, 0.717) is 9.72 Å². The summed E-state index contributed by atoms with van der Waals surface area (Å²) in [6, 6.07) is 6.57. The number of hydrogen-bond acceptors (Lipinski definition) is 3. The molecule has 0 radical (unpaired) electrons. The van der Waals surface area contributed by atoms with Crippen LogP contribution in [0.5, 0.6) is 5.75 Å². The second kappa shape index (κ2) is 8.21. The highest BCUT2D eigenvalue weighted by Crippen LogP contribution is 2.27. The van der Waals surface area contributed by atoms with E-state index in [1.165, 1.54) is 28.8 Å². The third-order valence-corrected chi connectivity index (χ3v) is 5.03. The number of rotatable bonds is 5. The summed E-state index contributed by atoms with van der Waals surface area (Å²) >= 11 is 12.8. The lowest BCUT2D eigenvalue weighted by molar-refractivity contribution is -0.120. The molecule has 0 saturated carbocycles. The van der Waals surface area contributed by atoms with Crippen molar-refractivity contribution < 1.29 is 18.3 Å². The SMILES string of the molecule is C=CCn1c(=NC(=O)COc2ccc(Cl)cc2Cl)sc2cc(F)cc(F)c21. The highest BCUT2D eigenvalue weighted by atomic mass is 35.5. The molecule has 27 heavy (non-hydrogen) atoms. The molecule has 0 bridgehead atoms. The highest BCUT2D eigenvalue weighted by molar-refractivity contribution is 7.16. The highest BCUT2D eigenvalue weighted by Gasteiger charge is 2.13. The van der Waals surface area contributed by atoms with Gasteiger partial charge in [0.05, 0.1) is 15.2 Å². The molecule has 0 fully saturated rings. The van der Waals surface area contributed by atoms with Crippen molar-refractivity contribution >= 4 is 50.7 Å². The van der Waals surface area contributed by atoms with Crippen LogP contribution in [0.3, 0.4) is 0 Å². The summed E-state index contributed by atoms with van der Waals surface area (Å²) in [4.78, 5) is 16.4. The maximum absolute atomic E-state index is 14.2. The van der Waals surface area contributed by atoms with Gasteiger partial charge in [-0.1, -0.05) is 40.6 Å². The first-order chi connectivity index (χ1) is 12.9. The monoisotopic (exact) mass is 428 g/mol. The average Bonchev–Trinajstić information content (AvgIpc) is 2.91. The van der Waals surface area contributed by atoms with Crippen molar-refractivity contribution in [1.29, 1.82) is 0 Å². The van der Waals surface area contributed by atoms with E-state index < -0.39 is 17.5 Å². The Hall–Kier alpha value is -2.22. The molecule has 1 heterocycles. The Kier molecular flexibility index (Phi) is 5.94. The van der Waals surface area contributed by atoms with Crippen LogP contribution >= 0.6 is 34.5 Å². The Morgan fingerprint density at radius 2 is 2.07 bits per heavy atom. The van der Waals surface area contributed by atoms with E-state index in [4.69, 9.17) is 27.9 Å². The smallest absolute Gasteiger partial charge is 0.286 e. The summed E-state index contributed by atoms with van der Waals surface area (Å²) in [5.74, 6) is -1.76. The van der Waals surface area contributed by atoms with Gasteiger partial charge in [0.1, 0.15) is 11.6 Å². The van der Waals surface area contributed by atoms with Crippen molar-refractivity contribution in [2.24, 2.45) is 4.99 Å². The van der Waals surface area contributed by atoms with Crippen molar-refractivity contribution in [3.63, 3.8) is 0 Å². The summed E-state index contributed by atoms with van der Waals surface area (Å²) in [5.41, 5.74) is 0.162. The van der Waals surface area contributed by atoms with Crippen LogP contribution in [0.1, 0.15) is 0 Å². The summed E-state index contributed by atoms with van der Waals surface area (Å²) in [5, 5.41) is 0.699. The molecular weight excluding hydrogens is 417 g/mol. The molecule has 1 aromatic heterocycles. The molecule has 0 atom stereocenters. The van der Waals surface area contributed by atoms with Gasteiger partial charge in [0.25, 0.3) is 5.91 Å². The predicted octanol–water partition coefficient (Wildman–Crippen LogP) is 4.98. The molecule has 3 aromatic rings. The predicted molar refractivity (Wildman–Crippen MR) is 102 cm³/mol. The van der Waals surface area contributed by atoms with Crippen LogP contribution in [0.25, 0.3) is 10.2 Å². The number of ether oxygens (including phenoxy) is 1. The summed E-state index contributed by atoms with van der Waals surface area (Å²) in [7, 11) is 0. The number of carbonyl (C=O) groups excluding carboxylic acids is 1. The second-order valence-corrected chi connectivity index (χ2v) is 7.24. The van der Waals surface area contributed by atoms with Crippen molar-refractivity contribution in [2.75, 3.05) is 6.61 Å². The van der Waals surface area contributed by atoms with Crippen molar-refractivity contribution in [3.8, 4) is 5.75 Å². The number of halogens is 4. The summed E-state index contributed by atoms with van der Waals surface area (Å²) in [6.45, 7) is 3.45. The van der Waals surface area contributed by atoms with Crippen LogP contribution in [0.2, 0.25) is 10.0 Å². The van der Waals surface area contributed by atoms with Crippen LogP contribution in [0.15, 0.2) is 48.0 Å². The third kappa shape index (κ3) is 4.37. The second-order valence-electron chi connectivity index (χ2n) is 5.39. The maximum Gasteiger partial charge on any atom is 0.286 e. The molecule has 1 amide bonds. The van der Waals surface area contributed by atoms with E-state index in [2.05, 4.69) is 11.6 Å². The minimum absolute atomic E-state index is 0.162. The van der Waals surface area contributed by atoms with Crippen LogP contribution < -0.4 is 9.54 Å². The van der Waals surface area contributed by atoms with E-state index in [1.54, 1.807) is 6.07 Å². The zero-order chi connectivity index (χ0) is 19.6. The minimum atomic E-state index is -0.735. The molecule has 140 valence electrons. The molecule has 4 nitrogen and oxygen atoms in total. The van der Waals surface area contributed by atoms with Gasteiger partial charge in [-0.3, -0.25) is 4.79 Å². The Balaban J connectivity index is 1.92. The Labute approximate surface area is 166 Å². The first-order valence-electron chi connectivity index (χ1n) is 7.63. The summed E-state index contributed by atoms with van der Waals surface area (Å²) in [6.07, 6.45) is 1.53. The first kappa shape index (κ1) is 19.5. The molecule has 0 aliphatic rings. The number of amides is 1. The minimum Gasteiger partial charge on any atom is -0.482 e. The molecule has 0 saturated heterocycles. The molecular formula is C18H12Cl2F2N2O2S. The number of allylic oxidation sites excluding steroid dienone is 1. The van der Waals surface area contributed by atoms with Gasteiger partial charge < -0.3 is 9.30 Å². The van der Waals surface area contributed by atoms with Crippen molar-refractivity contribution in [2.45, 2.75) is 6.54 Å². The zero-order valence-corrected chi connectivity index (χ0v) is 16.0. The van der Waals surface area contributed by atoms with Gasteiger partial charge in [-0.05, 0) is 24.3 Å². The van der Waals surface area contributed by atoms with Crippen LogP contribution in [-0.4, -0.2) is 17.1 Å². The van der Waals surface area contributed by atoms with Crippen LogP contribution in [0, 0.1) is 11.6 Å².